The van der Waals surface area contributed by atoms with Gasteiger partial charge in [0.05, 0.1) is 12.2 Å². The number of hydrogen-bond donors (Lipinski definition) is 1. The van der Waals surface area contributed by atoms with Gasteiger partial charge >= 0.3 is 0 Å². The summed E-state index contributed by atoms with van der Waals surface area (Å²) in [5, 5.41) is 0. The number of thiocarbonyl (C=S) groups is 1. The molecule has 0 saturated carbocycles. The van der Waals surface area contributed by atoms with Crippen LogP contribution in [0.15, 0.2) is 22.7 Å². The zero-order chi connectivity index (χ0) is 12.0. The molecule has 0 fully saturated rings. The van der Waals surface area contributed by atoms with E-state index in [1.165, 1.54) is 0 Å². The van der Waals surface area contributed by atoms with Gasteiger partial charge in [0.2, 0.25) is 0 Å². The molecule has 2 N–H and O–H groups in total. The second-order valence-electron chi connectivity index (χ2n) is 3.05. The monoisotopic (exact) mass is 303 g/mol. The fraction of sp³-hybridized carbons (Fsp3) is 0.364. The summed E-state index contributed by atoms with van der Waals surface area (Å²) in [6.45, 7) is 3.67. The summed E-state index contributed by atoms with van der Waals surface area (Å²) in [6, 6.07) is 5.56. The molecule has 0 amide bonds. The molecule has 16 heavy (non-hydrogen) atoms. The Morgan fingerprint density at radius 1 is 1.44 bits per heavy atom. The van der Waals surface area contributed by atoms with E-state index in [1.54, 1.807) is 0 Å². The van der Waals surface area contributed by atoms with E-state index in [1.807, 2.05) is 25.1 Å². The first-order valence-corrected chi connectivity index (χ1v) is 6.15. The summed E-state index contributed by atoms with van der Waals surface area (Å²) < 4.78 is 11.7. The average molecular weight is 304 g/mol. The third-order valence-electron chi connectivity index (χ3n) is 1.90. The molecular formula is C11H14BrNO2S. The Labute approximate surface area is 109 Å². The molecule has 0 saturated heterocycles. The maximum absolute atomic E-state index is 5.60. The molecule has 0 aliphatic carbocycles. The molecule has 0 aliphatic heterocycles. The lowest BCUT2D eigenvalue weighted by Crippen LogP contribution is -2.13. The first-order chi connectivity index (χ1) is 7.65. The van der Waals surface area contributed by atoms with Crippen LogP contribution in [0.1, 0.15) is 12.5 Å². The zero-order valence-electron chi connectivity index (χ0n) is 9.03. The first-order valence-electron chi connectivity index (χ1n) is 4.95. The summed E-state index contributed by atoms with van der Waals surface area (Å²) in [5.41, 5.74) is 6.35. The third kappa shape index (κ3) is 4.08. The minimum atomic E-state index is 0.332. The molecule has 0 aliphatic rings. The summed E-state index contributed by atoms with van der Waals surface area (Å²) in [5.74, 6) is 0.682. The number of benzene rings is 1. The van der Waals surface area contributed by atoms with Crippen molar-refractivity contribution in [1.29, 1.82) is 0 Å². The van der Waals surface area contributed by atoms with Gasteiger partial charge in [-0.2, -0.15) is 0 Å². The Kier molecular flexibility index (Phi) is 5.73. The number of halogens is 1. The van der Waals surface area contributed by atoms with Crippen LogP contribution < -0.4 is 10.5 Å². The number of ether oxygens (including phenoxy) is 2. The molecule has 0 spiro atoms. The van der Waals surface area contributed by atoms with Crippen LogP contribution >= 0.6 is 28.1 Å². The highest BCUT2D eigenvalue weighted by atomic mass is 79.9. The number of nitrogens with two attached hydrogens (primary N) is 1. The molecule has 0 bridgehead atoms. The van der Waals surface area contributed by atoms with Gasteiger partial charge in [-0.1, -0.05) is 28.1 Å². The van der Waals surface area contributed by atoms with Crippen LogP contribution in [0.3, 0.4) is 0 Å². The molecule has 0 atom stereocenters. The Morgan fingerprint density at radius 2 is 2.19 bits per heavy atom. The summed E-state index contributed by atoms with van der Waals surface area (Å²) >= 11 is 8.32. The van der Waals surface area contributed by atoms with E-state index >= 15 is 0 Å². The normalized spacial score (nSPS) is 10.1. The van der Waals surface area contributed by atoms with Gasteiger partial charge in [-0.3, -0.25) is 0 Å². The number of rotatable bonds is 6. The fourth-order valence-electron chi connectivity index (χ4n) is 1.17. The van der Waals surface area contributed by atoms with Crippen molar-refractivity contribution in [3.63, 3.8) is 0 Å². The van der Waals surface area contributed by atoms with Crippen LogP contribution in [0, 0.1) is 0 Å². The largest absolute Gasteiger partial charge is 0.490 e. The van der Waals surface area contributed by atoms with Gasteiger partial charge in [0, 0.05) is 11.1 Å². The van der Waals surface area contributed by atoms with Crippen LogP contribution in [0.2, 0.25) is 0 Å². The third-order valence-corrected chi connectivity index (χ3v) is 2.61. The van der Waals surface area contributed by atoms with Crippen molar-refractivity contribution in [2.45, 2.75) is 6.92 Å². The lowest BCUT2D eigenvalue weighted by atomic mass is 10.2. The molecule has 0 heterocycles. The predicted octanol–water partition coefficient (Wildman–Crippen LogP) is 2.50. The van der Waals surface area contributed by atoms with E-state index in [0.29, 0.717) is 30.6 Å². The van der Waals surface area contributed by atoms with Gasteiger partial charge in [-0.05, 0) is 25.1 Å². The minimum Gasteiger partial charge on any atom is -0.490 e. The van der Waals surface area contributed by atoms with Gasteiger partial charge in [-0.25, -0.2) is 0 Å². The quantitative estimate of drug-likeness (QED) is 0.648. The van der Waals surface area contributed by atoms with E-state index in [0.717, 1.165) is 10.0 Å². The highest BCUT2D eigenvalue weighted by Crippen LogP contribution is 2.23. The van der Waals surface area contributed by atoms with Crippen molar-refractivity contribution in [3.8, 4) is 5.75 Å². The van der Waals surface area contributed by atoms with Crippen molar-refractivity contribution >= 4 is 33.1 Å². The SMILES string of the molecule is CCOCCOc1cc(Br)ccc1C(N)=S. The maximum Gasteiger partial charge on any atom is 0.130 e. The second-order valence-corrected chi connectivity index (χ2v) is 4.41. The molecule has 5 heteroatoms. The van der Waals surface area contributed by atoms with Gasteiger partial charge in [0.25, 0.3) is 0 Å². The van der Waals surface area contributed by atoms with E-state index < -0.39 is 0 Å². The highest BCUT2D eigenvalue weighted by Gasteiger charge is 2.06. The molecular weight excluding hydrogens is 290 g/mol. The van der Waals surface area contributed by atoms with Gasteiger partial charge in [0.15, 0.2) is 0 Å². The Hall–Kier alpha value is -0.650. The zero-order valence-corrected chi connectivity index (χ0v) is 11.4. The molecule has 1 aromatic rings. The maximum atomic E-state index is 5.60. The predicted molar refractivity (Wildman–Crippen MR) is 72.0 cm³/mol. The van der Waals surface area contributed by atoms with Crippen LogP contribution in [-0.2, 0) is 4.74 Å². The van der Waals surface area contributed by atoms with Crippen molar-refractivity contribution in [2.75, 3.05) is 19.8 Å². The van der Waals surface area contributed by atoms with Crippen molar-refractivity contribution in [1.82, 2.24) is 0 Å². The van der Waals surface area contributed by atoms with Gasteiger partial charge < -0.3 is 15.2 Å². The average Bonchev–Trinajstić information content (AvgIpc) is 2.24. The summed E-state index contributed by atoms with van der Waals surface area (Å²) in [4.78, 5) is 0.332. The molecule has 1 rings (SSSR count). The van der Waals surface area contributed by atoms with Gasteiger partial charge in [0.1, 0.15) is 17.3 Å². The summed E-state index contributed by atoms with van der Waals surface area (Å²) in [6.07, 6.45) is 0. The van der Waals surface area contributed by atoms with E-state index in [9.17, 15) is 0 Å². The molecule has 0 aromatic heterocycles. The Bertz CT molecular complexity index is 371. The van der Waals surface area contributed by atoms with Gasteiger partial charge in [-0.15, -0.1) is 0 Å². The summed E-state index contributed by atoms with van der Waals surface area (Å²) in [7, 11) is 0. The van der Waals surface area contributed by atoms with Crippen molar-refractivity contribution < 1.29 is 9.47 Å². The Morgan fingerprint density at radius 3 is 2.81 bits per heavy atom. The highest BCUT2D eigenvalue weighted by molar-refractivity contribution is 9.10. The molecule has 0 radical (unpaired) electrons. The molecule has 1 aromatic carbocycles. The fourth-order valence-corrected chi connectivity index (χ4v) is 1.68. The smallest absolute Gasteiger partial charge is 0.130 e. The minimum absolute atomic E-state index is 0.332. The molecule has 0 unspecified atom stereocenters. The second kappa shape index (κ2) is 6.83. The Balaban J connectivity index is 2.68. The number of hydrogen-bond acceptors (Lipinski definition) is 3. The lowest BCUT2D eigenvalue weighted by molar-refractivity contribution is 0.110. The van der Waals surface area contributed by atoms with Crippen LogP contribution in [-0.4, -0.2) is 24.8 Å². The standard InChI is InChI=1S/C11H14BrNO2S/c1-2-14-5-6-15-10-7-8(12)3-4-9(10)11(13)16/h3-4,7H,2,5-6H2,1H3,(H2,13,16). The lowest BCUT2D eigenvalue weighted by Gasteiger charge is -2.11. The van der Waals surface area contributed by atoms with Crippen molar-refractivity contribution in [3.05, 3.63) is 28.2 Å². The van der Waals surface area contributed by atoms with E-state index in [-0.39, 0.29) is 0 Å². The van der Waals surface area contributed by atoms with Crippen LogP contribution in [0.5, 0.6) is 5.75 Å². The van der Waals surface area contributed by atoms with Crippen LogP contribution in [0.25, 0.3) is 0 Å². The van der Waals surface area contributed by atoms with E-state index in [2.05, 4.69) is 15.9 Å². The van der Waals surface area contributed by atoms with Crippen LogP contribution in [0.4, 0.5) is 0 Å². The first kappa shape index (κ1) is 13.4. The topological polar surface area (TPSA) is 44.5 Å². The molecule has 3 nitrogen and oxygen atoms in total. The van der Waals surface area contributed by atoms with E-state index in [4.69, 9.17) is 27.4 Å². The molecule has 88 valence electrons. The van der Waals surface area contributed by atoms with Crippen molar-refractivity contribution in [2.24, 2.45) is 5.73 Å².